The molecular formula is C18H23ClN6OS. The van der Waals surface area contributed by atoms with Gasteiger partial charge in [0.15, 0.2) is 0 Å². The summed E-state index contributed by atoms with van der Waals surface area (Å²) in [6.45, 7) is 5.25. The van der Waals surface area contributed by atoms with Crippen LogP contribution in [0, 0.1) is 13.8 Å². The Bertz CT molecular complexity index is 929. The van der Waals surface area contributed by atoms with Gasteiger partial charge in [-0.1, -0.05) is 30.0 Å². The molecule has 0 aliphatic carbocycles. The van der Waals surface area contributed by atoms with Gasteiger partial charge in [0.1, 0.15) is 0 Å². The van der Waals surface area contributed by atoms with Crippen LogP contribution in [0.5, 0.6) is 0 Å². The average Bonchev–Trinajstić information content (AvgIpc) is 3.03. The topological polar surface area (TPSA) is 84.2 Å². The molecule has 3 rings (SSSR count). The summed E-state index contributed by atoms with van der Waals surface area (Å²) in [5.41, 5.74) is 3.56. The van der Waals surface area contributed by atoms with Gasteiger partial charge in [-0.2, -0.15) is 4.98 Å². The summed E-state index contributed by atoms with van der Waals surface area (Å²) >= 11 is 1.50. The van der Waals surface area contributed by atoms with Crippen LogP contribution in [0.2, 0.25) is 0 Å². The highest BCUT2D eigenvalue weighted by Gasteiger charge is 2.13. The number of likely N-dealkylation sites (N-methyl/N-ethyl adjacent to an activating group) is 1. The van der Waals surface area contributed by atoms with Gasteiger partial charge in [0.25, 0.3) is 11.7 Å². The fourth-order valence-electron chi connectivity index (χ4n) is 2.62. The van der Waals surface area contributed by atoms with Crippen LogP contribution in [0.25, 0.3) is 5.78 Å². The molecule has 0 atom stereocenters. The van der Waals surface area contributed by atoms with Crippen molar-refractivity contribution < 1.29 is 4.79 Å². The van der Waals surface area contributed by atoms with E-state index in [4.69, 9.17) is 0 Å². The summed E-state index contributed by atoms with van der Waals surface area (Å²) in [5.74, 6) is 1.15. The van der Waals surface area contributed by atoms with Crippen molar-refractivity contribution in [3.63, 3.8) is 0 Å². The molecule has 1 amide bonds. The highest BCUT2D eigenvalue weighted by Crippen LogP contribution is 2.22. The number of carbonyl (C=O) groups is 1. The second kappa shape index (κ2) is 9.68. The average molecular weight is 407 g/mol. The van der Waals surface area contributed by atoms with Crippen LogP contribution in [0.15, 0.2) is 35.5 Å². The molecule has 0 aliphatic heterocycles. The maximum absolute atomic E-state index is 12.4. The Morgan fingerprint density at radius 3 is 2.74 bits per heavy atom. The van der Waals surface area contributed by atoms with E-state index in [1.165, 1.54) is 11.8 Å². The Hall–Kier alpha value is -2.16. The summed E-state index contributed by atoms with van der Waals surface area (Å²) in [6, 6.07) is 9.59. The first kappa shape index (κ1) is 21.1. The van der Waals surface area contributed by atoms with E-state index in [1.54, 1.807) is 4.52 Å². The van der Waals surface area contributed by atoms with E-state index in [0.29, 0.717) is 28.8 Å². The molecule has 2 aromatic heterocycles. The standard InChI is InChI=1S/C18H22N6OS.ClH/c1-12-10-13(2)24-17(21-12)22-18(23-24)26-11-14-6-4-5-7-15(14)16(25)20-9-8-19-3;/h4-7,10,19H,8-9,11H2,1-3H3,(H,20,25);1H. The Kier molecular flexibility index (Phi) is 7.58. The summed E-state index contributed by atoms with van der Waals surface area (Å²) in [7, 11) is 1.86. The van der Waals surface area contributed by atoms with Gasteiger partial charge in [0, 0.05) is 35.8 Å². The van der Waals surface area contributed by atoms with E-state index in [9.17, 15) is 4.79 Å². The molecule has 2 heterocycles. The van der Waals surface area contributed by atoms with Crippen molar-refractivity contribution in [2.45, 2.75) is 24.8 Å². The Balaban J connectivity index is 0.00000261. The number of halogens is 1. The van der Waals surface area contributed by atoms with Crippen LogP contribution in [0.4, 0.5) is 0 Å². The number of hydrogen-bond donors (Lipinski definition) is 2. The monoisotopic (exact) mass is 406 g/mol. The highest BCUT2D eigenvalue weighted by molar-refractivity contribution is 7.98. The SMILES string of the molecule is CNCCNC(=O)c1ccccc1CSc1nc2nc(C)cc(C)n2n1.Cl. The number of aryl methyl sites for hydroxylation is 2. The van der Waals surface area contributed by atoms with Crippen molar-refractivity contribution in [1.82, 2.24) is 30.2 Å². The molecule has 7 nitrogen and oxygen atoms in total. The maximum Gasteiger partial charge on any atom is 0.253 e. The normalized spacial score (nSPS) is 10.6. The van der Waals surface area contributed by atoms with Crippen LogP contribution in [0.3, 0.4) is 0 Å². The summed E-state index contributed by atoms with van der Waals surface area (Å²) < 4.78 is 1.74. The second-order valence-corrected chi connectivity index (χ2v) is 6.89. The highest BCUT2D eigenvalue weighted by atomic mass is 35.5. The molecule has 0 saturated heterocycles. The molecule has 0 radical (unpaired) electrons. The molecule has 27 heavy (non-hydrogen) atoms. The summed E-state index contributed by atoms with van der Waals surface area (Å²) in [4.78, 5) is 21.3. The number of rotatable bonds is 7. The molecule has 0 aliphatic rings. The van der Waals surface area contributed by atoms with Crippen molar-refractivity contribution in [2.24, 2.45) is 0 Å². The van der Waals surface area contributed by atoms with Gasteiger partial charge in [0.05, 0.1) is 0 Å². The molecular weight excluding hydrogens is 384 g/mol. The van der Waals surface area contributed by atoms with Crippen molar-refractivity contribution in [3.8, 4) is 0 Å². The fraction of sp³-hybridized carbons (Fsp3) is 0.333. The van der Waals surface area contributed by atoms with Gasteiger partial charge in [-0.25, -0.2) is 9.50 Å². The minimum Gasteiger partial charge on any atom is -0.351 e. The Morgan fingerprint density at radius 2 is 1.96 bits per heavy atom. The lowest BCUT2D eigenvalue weighted by molar-refractivity contribution is 0.0953. The Morgan fingerprint density at radius 1 is 1.19 bits per heavy atom. The smallest absolute Gasteiger partial charge is 0.253 e. The number of fused-ring (bicyclic) bond motifs is 1. The van der Waals surface area contributed by atoms with E-state index in [2.05, 4.69) is 25.7 Å². The zero-order valence-corrected chi connectivity index (χ0v) is 17.2. The fourth-order valence-corrected chi connectivity index (χ4v) is 3.44. The number of amides is 1. The predicted molar refractivity (Wildman–Crippen MR) is 110 cm³/mol. The molecule has 0 saturated carbocycles. The molecule has 0 unspecified atom stereocenters. The molecule has 0 bridgehead atoms. The molecule has 0 spiro atoms. The molecule has 3 aromatic rings. The lowest BCUT2D eigenvalue weighted by Crippen LogP contribution is -2.30. The van der Waals surface area contributed by atoms with Crippen LogP contribution in [0.1, 0.15) is 27.3 Å². The third-order valence-electron chi connectivity index (χ3n) is 3.88. The van der Waals surface area contributed by atoms with Crippen molar-refractivity contribution >= 4 is 35.9 Å². The van der Waals surface area contributed by atoms with E-state index >= 15 is 0 Å². The van der Waals surface area contributed by atoms with E-state index in [-0.39, 0.29) is 18.3 Å². The largest absolute Gasteiger partial charge is 0.351 e. The summed E-state index contributed by atoms with van der Waals surface area (Å²) in [5, 5.41) is 11.1. The van der Waals surface area contributed by atoms with Gasteiger partial charge in [-0.05, 0) is 38.6 Å². The molecule has 9 heteroatoms. The number of benzene rings is 1. The maximum atomic E-state index is 12.4. The first-order chi connectivity index (χ1) is 12.6. The van der Waals surface area contributed by atoms with Crippen molar-refractivity contribution in [3.05, 3.63) is 52.8 Å². The van der Waals surface area contributed by atoms with Crippen molar-refractivity contribution in [1.29, 1.82) is 0 Å². The molecule has 144 valence electrons. The minimum atomic E-state index is -0.0625. The van der Waals surface area contributed by atoms with E-state index < -0.39 is 0 Å². The zero-order valence-electron chi connectivity index (χ0n) is 15.5. The number of carbonyl (C=O) groups excluding carboxylic acids is 1. The van der Waals surface area contributed by atoms with Gasteiger partial charge in [-0.15, -0.1) is 17.5 Å². The number of hydrogen-bond acceptors (Lipinski definition) is 6. The van der Waals surface area contributed by atoms with Crippen LogP contribution in [-0.4, -0.2) is 45.6 Å². The number of nitrogens with zero attached hydrogens (tertiary/aromatic N) is 4. The van der Waals surface area contributed by atoms with Crippen LogP contribution < -0.4 is 10.6 Å². The quantitative estimate of drug-likeness (QED) is 0.463. The van der Waals surface area contributed by atoms with E-state index in [1.807, 2.05) is 51.2 Å². The number of aromatic nitrogens is 4. The molecule has 2 N–H and O–H groups in total. The zero-order chi connectivity index (χ0) is 18.5. The summed E-state index contributed by atoms with van der Waals surface area (Å²) in [6.07, 6.45) is 0. The number of thioether (sulfide) groups is 1. The Labute approximate surface area is 168 Å². The van der Waals surface area contributed by atoms with Crippen molar-refractivity contribution in [2.75, 3.05) is 20.1 Å². The minimum absolute atomic E-state index is 0. The molecule has 1 aromatic carbocycles. The lowest BCUT2D eigenvalue weighted by Gasteiger charge is -2.09. The van der Waals surface area contributed by atoms with Crippen LogP contribution >= 0.6 is 24.2 Å². The lowest BCUT2D eigenvalue weighted by atomic mass is 10.1. The van der Waals surface area contributed by atoms with Gasteiger partial charge in [-0.3, -0.25) is 4.79 Å². The first-order valence-electron chi connectivity index (χ1n) is 8.43. The van der Waals surface area contributed by atoms with Crippen LogP contribution in [-0.2, 0) is 5.75 Å². The van der Waals surface area contributed by atoms with Gasteiger partial charge >= 0.3 is 0 Å². The molecule has 0 fully saturated rings. The third kappa shape index (κ3) is 5.18. The van der Waals surface area contributed by atoms with E-state index in [0.717, 1.165) is 23.5 Å². The number of nitrogens with one attached hydrogen (secondary N) is 2. The van der Waals surface area contributed by atoms with Gasteiger partial charge < -0.3 is 10.6 Å². The third-order valence-corrected chi connectivity index (χ3v) is 4.76. The predicted octanol–water partition coefficient (Wildman–Crippen LogP) is 2.40. The second-order valence-electron chi connectivity index (χ2n) is 5.95. The first-order valence-corrected chi connectivity index (χ1v) is 9.41. The van der Waals surface area contributed by atoms with Gasteiger partial charge in [0.2, 0.25) is 5.16 Å².